The number of aromatic nitrogens is 2. The van der Waals surface area contributed by atoms with Crippen molar-refractivity contribution in [2.24, 2.45) is 0 Å². The number of aryl methyl sites for hydroxylation is 1. The van der Waals surface area contributed by atoms with Gasteiger partial charge in [-0.1, -0.05) is 17.7 Å². The Hall–Kier alpha value is -1.06. The van der Waals surface area contributed by atoms with Crippen molar-refractivity contribution in [3.63, 3.8) is 0 Å². The standard InChI is InChI=1S/C11H11ClN2O/c12-7-3-1-4-8-10(7)13-11-9(15)5-2-6-14(8)11/h1,3-4,9,15H,2,5-6H2. The number of rotatable bonds is 0. The molecular formula is C11H11ClN2O. The normalized spacial score (nSPS) is 20.5. The van der Waals surface area contributed by atoms with Crippen LogP contribution in [0.15, 0.2) is 18.2 Å². The molecule has 1 unspecified atom stereocenters. The van der Waals surface area contributed by atoms with E-state index in [-0.39, 0.29) is 0 Å². The van der Waals surface area contributed by atoms with E-state index < -0.39 is 6.10 Å². The third-order valence-electron chi connectivity index (χ3n) is 2.92. The topological polar surface area (TPSA) is 38.0 Å². The molecule has 0 amide bonds. The largest absolute Gasteiger partial charge is 0.385 e. The minimum Gasteiger partial charge on any atom is -0.385 e. The zero-order valence-corrected chi connectivity index (χ0v) is 8.91. The molecule has 1 aliphatic heterocycles. The van der Waals surface area contributed by atoms with Gasteiger partial charge in [0.05, 0.1) is 10.5 Å². The van der Waals surface area contributed by atoms with Gasteiger partial charge in [0, 0.05) is 6.54 Å². The molecule has 1 N–H and O–H groups in total. The highest BCUT2D eigenvalue weighted by Crippen LogP contribution is 2.31. The van der Waals surface area contributed by atoms with Crippen molar-refractivity contribution in [2.45, 2.75) is 25.5 Å². The number of aliphatic hydroxyl groups excluding tert-OH is 1. The lowest BCUT2D eigenvalue weighted by Crippen LogP contribution is -2.15. The minimum atomic E-state index is -0.442. The van der Waals surface area contributed by atoms with Gasteiger partial charge in [-0.2, -0.15) is 0 Å². The highest BCUT2D eigenvalue weighted by Gasteiger charge is 2.22. The van der Waals surface area contributed by atoms with Crippen LogP contribution in [0.4, 0.5) is 0 Å². The second kappa shape index (κ2) is 3.22. The summed E-state index contributed by atoms with van der Waals surface area (Å²) in [6, 6.07) is 5.74. The van der Waals surface area contributed by atoms with Gasteiger partial charge in [-0.15, -0.1) is 0 Å². The van der Waals surface area contributed by atoms with Gasteiger partial charge in [-0.05, 0) is 25.0 Å². The number of benzene rings is 1. The van der Waals surface area contributed by atoms with Crippen LogP contribution in [0.25, 0.3) is 11.0 Å². The Morgan fingerprint density at radius 3 is 3.20 bits per heavy atom. The first kappa shape index (κ1) is 9.19. The summed E-state index contributed by atoms with van der Waals surface area (Å²) < 4.78 is 2.06. The Kier molecular flexibility index (Phi) is 1.97. The summed E-state index contributed by atoms with van der Waals surface area (Å²) in [7, 11) is 0. The molecule has 15 heavy (non-hydrogen) atoms. The summed E-state index contributed by atoms with van der Waals surface area (Å²) in [6.45, 7) is 0.920. The summed E-state index contributed by atoms with van der Waals surface area (Å²) in [5.41, 5.74) is 1.83. The minimum absolute atomic E-state index is 0.442. The number of aliphatic hydroxyl groups is 1. The summed E-state index contributed by atoms with van der Waals surface area (Å²) in [5.74, 6) is 0.754. The molecule has 1 aromatic heterocycles. The second-order valence-corrected chi connectivity index (χ2v) is 4.29. The molecule has 0 radical (unpaired) electrons. The van der Waals surface area contributed by atoms with E-state index in [9.17, 15) is 5.11 Å². The monoisotopic (exact) mass is 222 g/mol. The fourth-order valence-electron chi connectivity index (χ4n) is 2.19. The number of imidazole rings is 1. The van der Waals surface area contributed by atoms with Gasteiger partial charge in [0.1, 0.15) is 17.4 Å². The number of hydrogen-bond donors (Lipinski definition) is 1. The Morgan fingerprint density at radius 2 is 2.33 bits per heavy atom. The predicted octanol–water partition coefficient (Wildman–Crippen LogP) is 2.52. The molecular weight excluding hydrogens is 212 g/mol. The van der Waals surface area contributed by atoms with Crippen molar-refractivity contribution in [1.29, 1.82) is 0 Å². The van der Waals surface area contributed by atoms with Crippen molar-refractivity contribution in [3.05, 3.63) is 29.0 Å². The smallest absolute Gasteiger partial charge is 0.138 e. The van der Waals surface area contributed by atoms with Gasteiger partial charge in [-0.3, -0.25) is 0 Å². The van der Waals surface area contributed by atoms with Crippen LogP contribution in [0, 0.1) is 0 Å². The molecule has 1 atom stereocenters. The van der Waals surface area contributed by atoms with Crippen molar-refractivity contribution in [1.82, 2.24) is 9.55 Å². The van der Waals surface area contributed by atoms with E-state index in [1.807, 2.05) is 18.2 Å². The Labute approximate surface area is 92.3 Å². The lowest BCUT2D eigenvalue weighted by atomic mass is 10.1. The molecule has 0 fully saturated rings. The Morgan fingerprint density at radius 1 is 1.47 bits per heavy atom. The van der Waals surface area contributed by atoms with E-state index in [4.69, 9.17) is 11.6 Å². The average Bonchev–Trinajstić information content (AvgIpc) is 2.60. The van der Waals surface area contributed by atoms with E-state index in [2.05, 4.69) is 9.55 Å². The molecule has 0 saturated heterocycles. The van der Waals surface area contributed by atoms with Crippen LogP contribution in [0.1, 0.15) is 24.8 Å². The SMILES string of the molecule is OC1CCCn2c1nc1c(Cl)cccc12. The number of nitrogens with zero attached hydrogens (tertiary/aromatic N) is 2. The molecule has 0 spiro atoms. The van der Waals surface area contributed by atoms with Crippen molar-refractivity contribution in [2.75, 3.05) is 0 Å². The fraction of sp³-hybridized carbons (Fsp3) is 0.364. The van der Waals surface area contributed by atoms with Gasteiger partial charge in [0.2, 0.25) is 0 Å². The third-order valence-corrected chi connectivity index (χ3v) is 3.22. The molecule has 78 valence electrons. The quantitative estimate of drug-likeness (QED) is 0.744. The molecule has 1 aliphatic rings. The van der Waals surface area contributed by atoms with Crippen LogP contribution in [0.5, 0.6) is 0 Å². The summed E-state index contributed by atoms with van der Waals surface area (Å²) >= 11 is 6.07. The molecule has 0 saturated carbocycles. The maximum Gasteiger partial charge on any atom is 0.138 e. The van der Waals surface area contributed by atoms with Crippen LogP contribution >= 0.6 is 11.6 Å². The highest BCUT2D eigenvalue weighted by molar-refractivity contribution is 6.34. The summed E-state index contributed by atoms with van der Waals surface area (Å²) in [5, 5.41) is 10.5. The average molecular weight is 223 g/mol. The fourth-order valence-corrected chi connectivity index (χ4v) is 2.40. The van der Waals surface area contributed by atoms with Crippen LogP contribution in [0.2, 0.25) is 5.02 Å². The van der Waals surface area contributed by atoms with E-state index in [1.165, 1.54) is 0 Å². The van der Waals surface area contributed by atoms with E-state index in [1.54, 1.807) is 0 Å². The molecule has 2 heterocycles. The first-order valence-corrected chi connectivity index (χ1v) is 5.48. The predicted molar refractivity (Wildman–Crippen MR) is 58.9 cm³/mol. The molecule has 3 rings (SSSR count). The van der Waals surface area contributed by atoms with Gasteiger partial charge < -0.3 is 9.67 Å². The zero-order chi connectivity index (χ0) is 10.4. The van der Waals surface area contributed by atoms with Crippen LogP contribution < -0.4 is 0 Å². The van der Waals surface area contributed by atoms with Crippen molar-refractivity contribution in [3.8, 4) is 0 Å². The van der Waals surface area contributed by atoms with Crippen LogP contribution in [-0.4, -0.2) is 14.7 Å². The molecule has 3 nitrogen and oxygen atoms in total. The number of para-hydroxylation sites is 1. The van der Waals surface area contributed by atoms with Gasteiger partial charge >= 0.3 is 0 Å². The summed E-state index contributed by atoms with van der Waals surface area (Å²) in [6.07, 6.45) is 1.34. The van der Waals surface area contributed by atoms with Gasteiger partial charge in [0.25, 0.3) is 0 Å². The molecule has 1 aromatic carbocycles. The van der Waals surface area contributed by atoms with Gasteiger partial charge in [-0.25, -0.2) is 4.98 Å². The van der Waals surface area contributed by atoms with E-state index in [0.717, 1.165) is 36.2 Å². The zero-order valence-electron chi connectivity index (χ0n) is 8.15. The van der Waals surface area contributed by atoms with Gasteiger partial charge in [0.15, 0.2) is 0 Å². The van der Waals surface area contributed by atoms with E-state index in [0.29, 0.717) is 5.02 Å². The van der Waals surface area contributed by atoms with Crippen LogP contribution in [0.3, 0.4) is 0 Å². The van der Waals surface area contributed by atoms with E-state index >= 15 is 0 Å². The number of fused-ring (bicyclic) bond motifs is 3. The number of halogens is 1. The summed E-state index contributed by atoms with van der Waals surface area (Å²) in [4.78, 5) is 4.41. The second-order valence-electron chi connectivity index (χ2n) is 3.89. The Balaban J connectivity index is 2.35. The maximum atomic E-state index is 9.83. The lowest BCUT2D eigenvalue weighted by Gasteiger charge is -2.19. The highest BCUT2D eigenvalue weighted by atomic mass is 35.5. The number of hydrogen-bond acceptors (Lipinski definition) is 2. The third kappa shape index (κ3) is 1.27. The molecule has 2 aromatic rings. The molecule has 0 aliphatic carbocycles. The van der Waals surface area contributed by atoms with Crippen LogP contribution in [-0.2, 0) is 6.54 Å². The lowest BCUT2D eigenvalue weighted by molar-refractivity contribution is 0.135. The maximum absolute atomic E-state index is 9.83. The molecule has 0 bridgehead atoms. The first-order valence-electron chi connectivity index (χ1n) is 5.10. The molecule has 4 heteroatoms. The first-order chi connectivity index (χ1) is 7.27. The van der Waals surface area contributed by atoms with Crippen molar-refractivity contribution >= 4 is 22.6 Å². The van der Waals surface area contributed by atoms with Crippen molar-refractivity contribution < 1.29 is 5.11 Å². The Bertz CT molecular complexity index is 521.